The van der Waals surface area contributed by atoms with Gasteiger partial charge in [0.05, 0.1) is 0 Å². The molecule has 0 bridgehead atoms. The van der Waals surface area contributed by atoms with Gasteiger partial charge in [-0.2, -0.15) is 0 Å². The molecule has 0 aromatic heterocycles. The summed E-state index contributed by atoms with van der Waals surface area (Å²) in [6.07, 6.45) is 3.40. The third-order valence-corrected chi connectivity index (χ3v) is 4.13. The highest BCUT2D eigenvalue weighted by atomic mass is 35.5. The molecule has 1 atom stereocenters. The topological polar surface area (TPSA) is 38.3 Å². The second-order valence-corrected chi connectivity index (χ2v) is 6.80. The fourth-order valence-electron chi connectivity index (χ4n) is 2.05. The average molecular weight is 328 g/mol. The zero-order valence-corrected chi connectivity index (χ0v) is 13.7. The van der Waals surface area contributed by atoms with E-state index in [1.165, 1.54) is 0 Å². The Labute approximate surface area is 135 Å². The van der Waals surface area contributed by atoms with E-state index in [1.807, 2.05) is 31.2 Å². The number of carbonyl (C=O) groups excluding carboxylic acids is 1. The summed E-state index contributed by atoms with van der Waals surface area (Å²) in [6, 6.07) is 7.81. The van der Waals surface area contributed by atoms with Gasteiger partial charge in [-0.1, -0.05) is 72.8 Å². The molecule has 0 spiro atoms. The van der Waals surface area contributed by atoms with E-state index in [1.54, 1.807) is 6.08 Å². The van der Waals surface area contributed by atoms with Gasteiger partial charge in [-0.3, -0.25) is 4.79 Å². The number of alkyl halides is 2. The maximum atomic E-state index is 12.0. The number of carbonyl (C=O) groups is 1. The van der Waals surface area contributed by atoms with Crippen molar-refractivity contribution in [3.63, 3.8) is 0 Å². The number of benzene rings is 1. The molecule has 0 radical (unpaired) electrons. The Hall–Kier alpha value is -1.19. The van der Waals surface area contributed by atoms with Crippen LogP contribution in [-0.2, 0) is 9.53 Å². The molecule has 21 heavy (non-hydrogen) atoms. The normalized spacial score (nSPS) is 20.5. The van der Waals surface area contributed by atoms with Gasteiger partial charge in [-0.25, -0.2) is 0 Å². The molecule has 1 aliphatic heterocycles. The van der Waals surface area contributed by atoms with Gasteiger partial charge < -0.3 is 10.1 Å². The molecule has 1 heterocycles. The van der Waals surface area contributed by atoms with Crippen LogP contribution in [0.5, 0.6) is 0 Å². The fourth-order valence-corrected chi connectivity index (χ4v) is 2.51. The number of amides is 1. The summed E-state index contributed by atoms with van der Waals surface area (Å²) in [7, 11) is 0. The zero-order valence-electron chi connectivity index (χ0n) is 12.2. The Balaban J connectivity index is 2.10. The van der Waals surface area contributed by atoms with Crippen LogP contribution in [0.2, 0.25) is 0 Å². The van der Waals surface area contributed by atoms with Crippen LogP contribution in [0.3, 0.4) is 0 Å². The molecule has 1 saturated heterocycles. The lowest BCUT2D eigenvalue weighted by Crippen LogP contribution is -2.41. The first-order valence-corrected chi connectivity index (χ1v) is 7.81. The highest BCUT2D eigenvalue weighted by Crippen LogP contribution is 2.35. The Bertz CT molecular complexity index is 538. The van der Waals surface area contributed by atoms with Crippen LogP contribution in [-0.4, -0.2) is 16.5 Å². The van der Waals surface area contributed by atoms with E-state index < -0.39 is 10.6 Å². The summed E-state index contributed by atoms with van der Waals surface area (Å²) < 4.78 is 4.49. The molecule has 1 aliphatic rings. The van der Waals surface area contributed by atoms with Crippen LogP contribution in [0.15, 0.2) is 30.0 Å². The molecule has 1 N–H and O–H groups in total. The number of ether oxygens (including phenoxy) is 1. The van der Waals surface area contributed by atoms with Crippen LogP contribution in [0.25, 0.3) is 6.08 Å². The van der Waals surface area contributed by atoms with E-state index in [2.05, 4.69) is 12.2 Å². The SMILES string of the molecule is CCCCC(Cl)(Cl)C1NC(=O)/C(=C/c2ccc(C)cc2)O1. The summed E-state index contributed by atoms with van der Waals surface area (Å²) in [5.41, 5.74) is 2.06. The van der Waals surface area contributed by atoms with Crippen LogP contribution in [0, 0.1) is 6.92 Å². The molecular formula is C16H19Cl2NO2. The molecule has 3 nitrogen and oxygen atoms in total. The van der Waals surface area contributed by atoms with Gasteiger partial charge >= 0.3 is 0 Å². The van der Waals surface area contributed by atoms with Crippen molar-refractivity contribution in [3.8, 4) is 0 Å². The number of aryl methyl sites for hydroxylation is 1. The largest absolute Gasteiger partial charge is 0.462 e. The van der Waals surface area contributed by atoms with E-state index >= 15 is 0 Å². The number of hydrogen-bond donors (Lipinski definition) is 1. The molecule has 1 amide bonds. The van der Waals surface area contributed by atoms with E-state index in [9.17, 15) is 4.79 Å². The number of hydrogen-bond acceptors (Lipinski definition) is 2. The summed E-state index contributed by atoms with van der Waals surface area (Å²) in [5, 5.41) is 2.69. The van der Waals surface area contributed by atoms with E-state index in [-0.39, 0.29) is 11.7 Å². The summed E-state index contributed by atoms with van der Waals surface area (Å²) >= 11 is 12.5. The van der Waals surface area contributed by atoms with Crippen LogP contribution >= 0.6 is 23.2 Å². The average Bonchev–Trinajstić information content (AvgIpc) is 2.81. The summed E-state index contributed by atoms with van der Waals surface area (Å²) in [5.74, 6) is -0.0474. The van der Waals surface area contributed by atoms with Gasteiger partial charge in [0.1, 0.15) is 0 Å². The van der Waals surface area contributed by atoms with E-state index in [0.717, 1.165) is 24.0 Å². The highest BCUT2D eigenvalue weighted by molar-refractivity contribution is 6.49. The minimum Gasteiger partial charge on any atom is -0.462 e. The number of halogens is 2. The predicted octanol–water partition coefficient (Wildman–Crippen LogP) is 4.17. The molecule has 1 aromatic carbocycles. The maximum Gasteiger partial charge on any atom is 0.289 e. The molecule has 0 saturated carbocycles. The lowest BCUT2D eigenvalue weighted by molar-refractivity contribution is -0.116. The fraction of sp³-hybridized carbons (Fsp3) is 0.438. The maximum absolute atomic E-state index is 12.0. The number of nitrogens with one attached hydrogen (secondary N) is 1. The van der Waals surface area contributed by atoms with E-state index in [4.69, 9.17) is 27.9 Å². The second kappa shape index (κ2) is 6.71. The minimum atomic E-state index is -1.12. The standard InChI is InChI=1S/C16H19Cl2NO2/c1-3-4-9-16(17,18)15-19-14(20)13(21-15)10-12-7-5-11(2)6-8-12/h5-8,10,15H,3-4,9H2,1-2H3,(H,19,20)/b13-10-. The molecule has 1 fully saturated rings. The first kappa shape index (κ1) is 16.2. The van der Waals surface area contributed by atoms with E-state index in [0.29, 0.717) is 6.42 Å². The molecule has 0 aliphatic carbocycles. The molecule has 114 valence electrons. The van der Waals surface area contributed by atoms with Gasteiger partial charge in [-0.05, 0) is 25.0 Å². The highest BCUT2D eigenvalue weighted by Gasteiger charge is 2.43. The third-order valence-electron chi connectivity index (χ3n) is 3.35. The van der Waals surface area contributed by atoms with Gasteiger partial charge in [0.25, 0.3) is 5.91 Å². The molecule has 2 rings (SSSR count). The van der Waals surface area contributed by atoms with Crippen molar-refractivity contribution in [1.82, 2.24) is 5.32 Å². The Morgan fingerprint density at radius 1 is 1.33 bits per heavy atom. The zero-order chi connectivity index (χ0) is 15.5. The third kappa shape index (κ3) is 4.14. The van der Waals surface area contributed by atoms with Gasteiger partial charge in [0, 0.05) is 0 Å². The van der Waals surface area contributed by atoms with Gasteiger partial charge in [-0.15, -0.1) is 0 Å². The lowest BCUT2D eigenvalue weighted by atomic mass is 10.1. The van der Waals surface area contributed by atoms with Crippen molar-refractivity contribution < 1.29 is 9.53 Å². The summed E-state index contributed by atoms with van der Waals surface area (Å²) in [6.45, 7) is 4.06. The predicted molar refractivity (Wildman–Crippen MR) is 86.1 cm³/mol. The van der Waals surface area contributed by atoms with Crippen LogP contribution in [0.1, 0.15) is 37.3 Å². The van der Waals surface area contributed by atoms with Crippen molar-refractivity contribution in [2.45, 2.75) is 43.7 Å². The number of rotatable bonds is 5. The number of unbranched alkanes of at least 4 members (excludes halogenated alkanes) is 1. The molecule has 1 unspecified atom stereocenters. The van der Waals surface area contributed by atoms with Crippen molar-refractivity contribution in [2.24, 2.45) is 0 Å². The first-order chi connectivity index (χ1) is 9.92. The monoisotopic (exact) mass is 327 g/mol. The molecule has 1 aromatic rings. The van der Waals surface area contributed by atoms with Crippen LogP contribution < -0.4 is 5.32 Å². The van der Waals surface area contributed by atoms with Crippen molar-refractivity contribution in [2.75, 3.05) is 0 Å². The lowest BCUT2D eigenvalue weighted by Gasteiger charge is -2.24. The van der Waals surface area contributed by atoms with Crippen molar-refractivity contribution in [3.05, 3.63) is 41.2 Å². The van der Waals surface area contributed by atoms with Gasteiger partial charge in [0.15, 0.2) is 10.1 Å². The minimum absolute atomic E-state index is 0.242. The Kier molecular flexibility index (Phi) is 5.17. The molecular weight excluding hydrogens is 309 g/mol. The van der Waals surface area contributed by atoms with Crippen molar-refractivity contribution >= 4 is 35.2 Å². The summed E-state index contributed by atoms with van der Waals surface area (Å²) in [4.78, 5) is 12.0. The Morgan fingerprint density at radius 3 is 2.62 bits per heavy atom. The smallest absolute Gasteiger partial charge is 0.289 e. The first-order valence-electron chi connectivity index (χ1n) is 7.06. The van der Waals surface area contributed by atoms with Gasteiger partial charge in [0.2, 0.25) is 6.23 Å². The second-order valence-electron chi connectivity index (χ2n) is 5.26. The van der Waals surface area contributed by atoms with Crippen LogP contribution in [0.4, 0.5) is 0 Å². The Morgan fingerprint density at radius 2 is 2.00 bits per heavy atom. The quantitative estimate of drug-likeness (QED) is 0.651. The molecule has 5 heteroatoms. The van der Waals surface area contributed by atoms with Crippen molar-refractivity contribution in [1.29, 1.82) is 0 Å².